The summed E-state index contributed by atoms with van der Waals surface area (Å²) in [6.07, 6.45) is 0. The maximum Gasteiger partial charge on any atom is 0.0346 e. The molecule has 0 bridgehead atoms. The summed E-state index contributed by atoms with van der Waals surface area (Å²) in [7, 11) is 0. The molecular weight excluding hydrogens is 258 g/mol. The Morgan fingerprint density at radius 3 is 2.71 bits per heavy atom. The van der Waals surface area contributed by atoms with Crippen LogP contribution in [0.15, 0.2) is 40.9 Å². The van der Waals surface area contributed by atoms with Gasteiger partial charge in [0.05, 0.1) is 0 Å². The molecule has 1 nitrogen and oxygen atoms in total. The fraction of sp³-hybridized carbons (Fsp3) is 0.0909. The third kappa shape index (κ3) is 2.05. The van der Waals surface area contributed by atoms with E-state index < -0.39 is 0 Å². The number of nitrogens with two attached hydrogens (primary N) is 1. The maximum absolute atomic E-state index is 5.57. The maximum atomic E-state index is 5.57. The monoisotopic (exact) mass is 267 g/mol. The van der Waals surface area contributed by atoms with Gasteiger partial charge in [0, 0.05) is 20.8 Å². The molecule has 0 atom stereocenters. The van der Waals surface area contributed by atoms with Crippen molar-refractivity contribution in [3.8, 4) is 10.4 Å². The molecule has 0 aliphatic heterocycles. The SMILES string of the molecule is NCc1ccc(-c2cccc(Br)c2)s1. The van der Waals surface area contributed by atoms with Crippen LogP contribution in [0.2, 0.25) is 0 Å². The van der Waals surface area contributed by atoms with Crippen molar-refractivity contribution in [2.24, 2.45) is 5.73 Å². The lowest BCUT2D eigenvalue weighted by Gasteiger charge is -1.97. The van der Waals surface area contributed by atoms with Crippen molar-refractivity contribution >= 4 is 27.3 Å². The quantitative estimate of drug-likeness (QED) is 0.884. The van der Waals surface area contributed by atoms with Crippen LogP contribution in [-0.4, -0.2) is 0 Å². The van der Waals surface area contributed by atoms with Gasteiger partial charge in [-0.05, 0) is 29.8 Å². The Labute approximate surface area is 95.7 Å². The van der Waals surface area contributed by atoms with Crippen molar-refractivity contribution in [2.45, 2.75) is 6.54 Å². The summed E-state index contributed by atoms with van der Waals surface area (Å²) in [4.78, 5) is 2.49. The molecule has 0 radical (unpaired) electrons. The van der Waals surface area contributed by atoms with Gasteiger partial charge in [-0.25, -0.2) is 0 Å². The largest absolute Gasteiger partial charge is 0.326 e. The van der Waals surface area contributed by atoms with Crippen molar-refractivity contribution in [1.29, 1.82) is 0 Å². The lowest BCUT2D eigenvalue weighted by molar-refractivity contribution is 1.11. The first-order chi connectivity index (χ1) is 6.79. The van der Waals surface area contributed by atoms with Crippen LogP contribution < -0.4 is 5.73 Å². The zero-order chi connectivity index (χ0) is 9.97. The van der Waals surface area contributed by atoms with Crippen LogP contribution in [0.1, 0.15) is 4.88 Å². The number of rotatable bonds is 2. The molecule has 0 unspecified atom stereocenters. The predicted molar refractivity (Wildman–Crippen MR) is 65.3 cm³/mol. The number of thiophene rings is 1. The highest BCUT2D eigenvalue weighted by Crippen LogP contribution is 2.29. The van der Waals surface area contributed by atoms with Gasteiger partial charge < -0.3 is 5.73 Å². The molecule has 2 rings (SSSR count). The summed E-state index contributed by atoms with van der Waals surface area (Å²) >= 11 is 5.21. The molecule has 0 amide bonds. The van der Waals surface area contributed by atoms with Gasteiger partial charge in [0.2, 0.25) is 0 Å². The number of hydrogen-bond acceptors (Lipinski definition) is 2. The fourth-order valence-corrected chi connectivity index (χ4v) is 2.57. The first-order valence-electron chi connectivity index (χ1n) is 4.34. The van der Waals surface area contributed by atoms with Crippen LogP contribution in [-0.2, 0) is 6.54 Å². The Balaban J connectivity index is 2.39. The van der Waals surface area contributed by atoms with Crippen LogP contribution in [0.25, 0.3) is 10.4 Å². The molecule has 0 aliphatic carbocycles. The Kier molecular flexibility index (Phi) is 3.01. The molecular formula is C11H10BrNS. The third-order valence-electron chi connectivity index (χ3n) is 1.97. The highest BCUT2D eigenvalue weighted by atomic mass is 79.9. The van der Waals surface area contributed by atoms with Gasteiger partial charge in [-0.2, -0.15) is 0 Å². The minimum absolute atomic E-state index is 0.624. The van der Waals surface area contributed by atoms with Crippen molar-refractivity contribution in [3.63, 3.8) is 0 Å². The lowest BCUT2D eigenvalue weighted by Crippen LogP contribution is -1.90. The van der Waals surface area contributed by atoms with Gasteiger partial charge in [-0.3, -0.25) is 0 Å². The Morgan fingerprint density at radius 2 is 2.07 bits per heavy atom. The molecule has 0 fully saturated rings. The van der Waals surface area contributed by atoms with Crippen LogP contribution in [0.3, 0.4) is 0 Å². The Hall–Kier alpha value is -0.640. The molecule has 72 valence electrons. The Bertz CT molecular complexity index is 436. The minimum atomic E-state index is 0.624. The van der Waals surface area contributed by atoms with E-state index in [4.69, 9.17) is 5.73 Å². The average molecular weight is 268 g/mol. The standard InChI is InChI=1S/C11H10BrNS/c12-9-3-1-2-8(6-9)11-5-4-10(7-13)14-11/h1-6H,7,13H2. The van der Waals surface area contributed by atoms with Gasteiger partial charge in [-0.1, -0.05) is 28.1 Å². The van der Waals surface area contributed by atoms with Crippen molar-refractivity contribution in [3.05, 3.63) is 45.7 Å². The zero-order valence-electron chi connectivity index (χ0n) is 7.53. The molecule has 1 heterocycles. The highest BCUT2D eigenvalue weighted by Gasteiger charge is 2.01. The van der Waals surface area contributed by atoms with E-state index in [9.17, 15) is 0 Å². The van der Waals surface area contributed by atoms with E-state index in [1.165, 1.54) is 15.3 Å². The van der Waals surface area contributed by atoms with E-state index in [1.807, 2.05) is 12.1 Å². The van der Waals surface area contributed by atoms with Gasteiger partial charge in [-0.15, -0.1) is 11.3 Å². The van der Waals surface area contributed by atoms with Crippen LogP contribution in [0.5, 0.6) is 0 Å². The normalized spacial score (nSPS) is 10.4. The molecule has 2 N–H and O–H groups in total. The summed E-state index contributed by atoms with van der Waals surface area (Å²) in [6, 6.07) is 12.5. The Morgan fingerprint density at radius 1 is 1.21 bits per heavy atom. The summed E-state index contributed by atoms with van der Waals surface area (Å²) in [6.45, 7) is 0.624. The van der Waals surface area contributed by atoms with Crippen LogP contribution in [0, 0.1) is 0 Å². The number of hydrogen-bond donors (Lipinski definition) is 1. The van der Waals surface area contributed by atoms with Crippen molar-refractivity contribution in [1.82, 2.24) is 0 Å². The number of benzene rings is 1. The molecule has 0 spiro atoms. The second-order valence-electron chi connectivity index (χ2n) is 2.98. The summed E-state index contributed by atoms with van der Waals surface area (Å²) in [5, 5.41) is 0. The van der Waals surface area contributed by atoms with Gasteiger partial charge in [0.25, 0.3) is 0 Å². The van der Waals surface area contributed by atoms with Gasteiger partial charge >= 0.3 is 0 Å². The average Bonchev–Trinajstić information content (AvgIpc) is 2.66. The number of halogens is 1. The molecule has 1 aromatic carbocycles. The van der Waals surface area contributed by atoms with E-state index in [0.717, 1.165) is 4.47 Å². The van der Waals surface area contributed by atoms with E-state index in [1.54, 1.807) is 11.3 Å². The van der Waals surface area contributed by atoms with Crippen molar-refractivity contribution < 1.29 is 0 Å². The molecule has 1 aromatic heterocycles. The van der Waals surface area contributed by atoms with E-state index >= 15 is 0 Å². The second kappa shape index (κ2) is 4.26. The molecule has 14 heavy (non-hydrogen) atoms. The topological polar surface area (TPSA) is 26.0 Å². The highest BCUT2D eigenvalue weighted by molar-refractivity contribution is 9.10. The van der Waals surface area contributed by atoms with Crippen molar-refractivity contribution in [2.75, 3.05) is 0 Å². The van der Waals surface area contributed by atoms with E-state index in [0.29, 0.717) is 6.54 Å². The van der Waals surface area contributed by atoms with Gasteiger partial charge in [0.15, 0.2) is 0 Å². The summed E-state index contributed by atoms with van der Waals surface area (Å²) in [5.41, 5.74) is 6.81. The van der Waals surface area contributed by atoms with E-state index in [-0.39, 0.29) is 0 Å². The second-order valence-corrected chi connectivity index (χ2v) is 5.06. The predicted octanol–water partition coefficient (Wildman–Crippen LogP) is 3.64. The molecule has 0 saturated heterocycles. The first-order valence-corrected chi connectivity index (χ1v) is 5.95. The van der Waals surface area contributed by atoms with E-state index in [2.05, 4.69) is 40.2 Å². The molecule has 0 saturated carbocycles. The molecule has 0 aliphatic rings. The van der Waals surface area contributed by atoms with Crippen LogP contribution >= 0.6 is 27.3 Å². The molecule has 2 aromatic rings. The molecule has 3 heteroatoms. The van der Waals surface area contributed by atoms with Crippen LogP contribution in [0.4, 0.5) is 0 Å². The fourth-order valence-electron chi connectivity index (χ4n) is 1.28. The first kappa shape index (κ1) is 9.90. The lowest BCUT2D eigenvalue weighted by atomic mass is 10.2. The minimum Gasteiger partial charge on any atom is -0.326 e. The zero-order valence-corrected chi connectivity index (χ0v) is 9.94. The third-order valence-corrected chi connectivity index (χ3v) is 3.62. The van der Waals surface area contributed by atoms with Gasteiger partial charge in [0.1, 0.15) is 0 Å². The summed E-state index contributed by atoms with van der Waals surface area (Å²) < 4.78 is 1.11. The summed E-state index contributed by atoms with van der Waals surface area (Å²) in [5.74, 6) is 0. The smallest absolute Gasteiger partial charge is 0.0346 e.